The molecule has 0 aromatic heterocycles. The van der Waals surface area contributed by atoms with Crippen LogP contribution < -0.4 is 15.4 Å². The van der Waals surface area contributed by atoms with Crippen molar-refractivity contribution in [2.45, 2.75) is 30.7 Å². The zero-order valence-electron chi connectivity index (χ0n) is 15.8. The molecule has 1 atom stereocenters. The Balaban J connectivity index is 1.58. The summed E-state index contributed by atoms with van der Waals surface area (Å²) in [5.74, 6) is -0.284. The molecule has 1 saturated heterocycles. The number of hydrogen-bond acceptors (Lipinski definition) is 5. The predicted octanol–water partition coefficient (Wildman–Crippen LogP) is 2.12. The number of ether oxygens (including phenoxy) is 1. The fraction of sp³-hybridized carbons (Fsp3) is 0.300. The van der Waals surface area contributed by atoms with Crippen LogP contribution in [0.25, 0.3) is 0 Å². The molecule has 2 aliphatic rings. The molecule has 2 amide bonds. The number of sulfonamides is 1. The standard InChI is InChI=1S/C20H21N3O5S/c1-13-4-2-5-14(10-13)21-20(25)17-6-3-9-23(17)29(26,27)15-7-8-18-16(11-15)22-19(24)12-28-18/h2,4-5,7-8,10-11,17H,3,6,9,12H2,1H3,(H,21,25)(H,22,24)/t17-/m1/s1. The average molecular weight is 415 g/mol. The Morgan fingerprint density at radius 1 is 1.24 bits per heavy atom. The number of hydrogen-bond donors (Lipinski definition) is 2. The monoisotopic (exact) mass is 415 g/mol. The number of anilines is 2. The molecule has 0 bridgehead atoms. The third-order valence-corrected chi connectivity index (χ3v) is 6.89. The van der Waals surface area contributed by atoms with E-state index in [4.69, 9.17) is 4.74 Å². The van der Waals surface area contributed by atoms with E-state index in [1.807, 2.05) is 25.1 Å². The van der Waals surface area contributed by atoms with E-state index in [0.717, 1.165) is 5.56 Å². The first-order valence-electron chi connectivity index (χ1n) is 9.31. The molecule has 0 unspecified atom stereocenters. The summed E-state index contributed by atoms with van der Waals surface area (Å²) in [7, 11) is -3.92. The molecular formula is C20H21N3O5S. The number of carbonyl (C=O) groups excluding carboxylic acids is 2. The summed E-state index contributed by atoms with van der Waals surface area (Å²) in [5, 5.41) is 5.42. The second-order valence-corrected chi connectivity index (χ2v) is 9.02. The Kier molecular flexibility index (Phi) is 5.01. The molecule has 2 aromatic carbocycles. The summed E-state index contributed by atoms with van der Waals surface area (Å²) >= 11 is 0. The molecule has 0 saturated carbocycles. The molecular weight excluding hydrogens is 394 g/mol. The van der Waals surface area contributed by atoms with Gasteiger partial charge in [0.1, 0.15) is 11.8 Å². The molecule has 1 fully saturated rings. The zero-order valence-corrected chi connectivity index (χ0v) is 16.7. The smallest absolute Gasteiger partial charge is 0.262 e. The summed E-state index contributed by atoms with van der Waals surface area (Å²) < 4.78 is 32.9. The van der Waals surface area contributed by atoms with Crippen LogP contribution in [-0.2, 0) is 19.6 Å². The van der Waals surface area contributed by atoms with Gasteiger partial charge in [-0.25, -0.2) is 8.42 Å². The lowest BCUT2D eigenvalue weighted by Crippen LogP contribution is -2.43. The minimum atomic E-state index is -3.92. The van der Waals surface area contributed by atoms with Gasteiger partial charge >= 0.3 is 0 Å². The number of rotatable bonds is 4. The van der Waals surface area contributed by atoms with Crippen molar-refractivity contribution >= 4 is 33.2 Å². The van der Waals surface area contributed by atoms with Crippen molar-refractivity contribution in [3.63, 3.8) is 0 Å². The SMILES string of the molecule is Cc1cccc(NC(=O)[C@H]2CCCN2S(=O)(=O)c2ccc3c(c2)NC(=O)CO3)c1. The topological polar surface area (TPSA) is 105 Å². The minimum absolute atomic E-state index is 0.0114. The molecule has 0 spiro atoms. The molecule has 29 heavy (non-hydrogen) atoms. The number of aryl methyl sites for hydroxylation is 1. The van der Waals surface area contributed by atoms with Gasteiger partial charge in [-0.15, -0.1) is 0 Å². The Morgan fingerprint density at radius 2 is 2.07 bits per heavy atom. The maximum atomic E-state index is 13.2. The van der Waals surface area contributed by atoms with Crippen molar-refractivity contribution in [2.24, 2.45) is 0 Å². The highest BCUT2D eigenvalue weighted by Gasteiger charge is 2.39. The van der Waals surface area contributed by atoms with Crippen LogP contribution in [0.1, 0.15) is 18.4 Å². The lowest BCUT2D eigenvalue weighted by molar-refractivity contribution is -0.119. The van der Waals surface area contributed by atoms with Crippen molar-refractivity contribution < 1.29 is 22.7 Å². The highest BCUT2D eigenvalue weighted by molar-refractivity contribution is 7.89. The summed E-state index contributed by atoms with van der Waals surface area (Å²) in [6.07, 6.45) is 1.04. The van der Waals surface area contributed by atoms with E-state index in [1.165, 1.54) is 22.5 Å². The quantitative estimate of drug-likeness (QED) is 0.796. The van der Waals surface area contributed by atoms with Gasteiger partial charge < -0.3 is 15.4 Å². The van der Waals surface area contributed by atoms with Crippen molar-refractivity contribution in [2.75, 3.05) is 23.8 Å². The summed E-state index contributed by atoms with van der Waals surface area (Å²) in [6.45, 7) is 2.07. The van der Waals surface area contributed by atoms with Crippen LogP contribution in [0.4, 0.5) is 11.4 Å². The van der Waals surface area contributed by atoms with Gasteiger partial charge in [0.2, 0.25) is 15.9 Å². The Bertz CT molecular complexity index is 1080. The van der Waals surface area contributed by atoms with E-state index in [9.17, 15) is 18.0 Å². The molecule has 2 aliphatic heterocycles. The molecule has 4 rings (SSSR count). The average Bonchev–Trinajstić information content (AvgIpc) is 3.18. The highest BCUT2D eigenvalue weighted by atomic mass is 32.2. The maximum Gasteiger partial charge on any atom is 0.262 e. The van der Waals surface area contributed by atoms with Crippen LogP contribution in [0.2, 0.25) is 0 Å². The van der Waals surface area contributed by atoms with Gasteiger partial charge in [-0.05, 0) is 55.7 Å². The van der Waals surface area contributed by atoms with E-state index < -0.39 is 16.1 Å². The number of nitrogens with zero attached hydrogens (tertiary/aromatic N) is 1. The van der Waals surface area contributed by atoms with Gasteiger partial charge in [0.25, 0.3) is 5.91 Å². The van der Waals surface area contributed by atoms with Gasteiger partial charge in [0.15, 0.2) is 6.61 Å². The predicted molar refractivity (Wildman–Crippen MR) is 107 cm³/mol. The largest absolute Gasteiger partial charge is 0.482 e. The van der Waals surface area contributed by atoms with Crippen molar-refractivity contribution in [1.82, 2.24) is 4.31 Å². The second kappa shape index (κ2) is 7.49. The molecule has 2 aromatic rings. The van der Waals surface area contributed by atoms with E-state index in [-0.39, 0.29) is 29.9 Å². The molecule has 8 nitrogen and oxygen atoms in total. The summed E-state index contributed by atoms with van der Waals surface area (Å²) in [4.78, 5) is 24.3. The molecule has 0 aliphatic carbocycles. The Morgan fingerprint density at radius 3 is 2.86 bits per heavy atom. The van der Waals surface area contributed by atoms with E-state index in [2.05, 4.69) is 10.6 Å². The van der Waals surface area contributed by atoms with Gasteiger partial charge in [-0.3, -0.25) is 9.59 Å². The Labute approximate surface area is 168 Å². The molecule has 152 valence electrons. The van der Waals surface area contributed by atoms with Crippen LogP contribution in [0.3, 0.4) is 0 Å². The number of carbonyl (C=O) groups is 2. The zero-order chi connectivity index (χ0) is 20.6. The van der Waals surface area contributed by atoms with Crippen LogP contribution in [0, 0.1) is 6.92 Å². The van der Waals surface area contributed by atoms with Gasteiger partial charge in [0, 0.05) is 12.2 Å². The van der Waals surface area contributed by atoms with E-state index in [1.54, 1.807) is 6.07 Å². The molecule has 2 heterocycles. The van der Waals surface area contributed by atoms with E-state index in [0.29, 0.717) is 30.0 Å². The first-order valence-corrected chi connectivity index (χ1v) is 10.7. The maximum absolute atomic E-state index is 13.2. The van der Waals surface area contributed by atoms with E-state index >= 15 is 0 Å². The van der Waals surface area contributed by atoms with Crippen molar-refractivity contribution in [1.29, 1.82) is 0 Å². The van der Waals surface area contributed by atoms with Crippen molar-refractivity contribution in [3.8, 4) is 5.75 Å². The Hall–Kier alpha value is -2.91. The first-order chi connectivity index (χ1) is 13.8. The van der Waals surface area contributed by atoms with Crippen LogP contribution >= 0.6 is 0 Å². The molecule has 2 N–H and O–H groups in total. The fourth-order valence-electron chi connectivity index (χ4n) is 3.60. The number of fused-ring (bicyclic) bond motifs is 1. The summed E-state index contributed by atoms with van der Waals surface area (Å²) in [6, 6.07) is 10.9. The molecule has 0 radical (unpaired) electrons. The van der Waals surface area contributed by atoms with Crippen molar-refractivity contribution in [3.05, 3.63) is 48.0 Å². The summed E-state index contributed by atoms with van der Waals surface area (Å²) in [5.41, 5.74) is 1.94. The first kappa shape index (κ1) is 19.4. The third kappa shape index (κ3) is 3.83. The minimum Gasteiger partial charge on any atom is -0.482 e. The fourth-order valence-corrected chi connectivity index (χ4v) is 5.28. The van der Waals surface area contributed by atoms with Gasteiger partial charge in [-0.1, -0.05) is 12.1 Å². The lowest BCUT2D eigenvalue weighted by Gasteiger charge is -2.24. The van der Waals surface area contributed by atoms with Gasteiger partial charge in [0.05, 0.1) is 10.6 Å². The second-order valence-electron chi connectivity index (χ2n) is 7.13. The van der Waals surface area contributed by atoms with Crippen LogP contribution in [0.5, 0.6) is 5.75 Å². The van der Waals surface area contributed by atoms with Crippen LogP contribution in [0.15, 0.2) is 47.4 Å². The third-order valence-electron chi connectivity index (χ3n) is 4.98. The normalized spacial score (nSPS) is 19.2. The highest BCUT2D eigenvalue weighted by Crippen LogP contribution is 2.33. The lowest BCUT2D eigenvalue weighted by atomic mass is 10.2. The number of nitrogens with one attached hydrogen (secondary N) is 2. The van der Waals surface area contributed by atoms with Crippen LogP contribution in [-0.4, -0.2) is 43.7 Å². The number of benzene rings is 2. The van der Waals surface area contributed by atoms with Gasteiger partial charge in [-0.2, -0.15) is 4.31 Å². The molecule has 9 heteroatoms. The number of amides is 2.